The van der Waals surface area contributed by atoms with Crippen molar-refractivity contribution in [3.63, 3.8) is 0 Å². The molecule has 1 heterocycles. The average molecular weight is 230 g/mol. The summed E-state index contributed by atoms with van der Waals surface area (Å²) in [6, 6.07) is 9.72. The molecule has 17 heavy (non-hydrogen) atoms. The number of carbonyl (C=O) groups is 1. The zero-order chi connectivity index (χ0) is 12.3. The lowest BCUT2D eigenvalue weighted by atomic mass is 10.1. The van der Waals surface area contributed by atoms with Crippen molar-refractivity contribution in [2.75, 3.05) is 0 Å². The summed E-state index contributed by atoms with van der Waals surface area (Å²) in [4.78, 5) is 11.9. The first-order valence-corrected chi connectivity index (χ1v) is 5.45. The lowest BCUT2D eigenvalue weighted by Crippen LogP contribution is -2.27. The lowest BCUT2D eigenvalue weighted by molar-refractivity contribution is 0.0930. The quantitative estimate of drug-likeness (QED) is 0.881. The van der Waals surface area contributed by atoms with Crippen LogP contribution in [0.25, 0.3) is 0 Å². The van der Waals surface area contributed by atoms with E-state index in [0.717, 1.165) is 11.1 Å². The molecule has 0 saturated carbocycles. The zero-order valence-corrected chi connectivity index (χ0v) is 9.81. The molecule has 1 aromatic carbocycles. The van der Waals surface area contributed by atoms with Crippen LogP contribution < -0.4 is 5.32 Å². The molecular weight excluding hydrogens is 216 g/mol. The number of benzene rings is 1. The van der Waals surface area contributed by atoms with E-state index < -0.39 is 0 Å². The van der Waals surface area contributed by atoms with Crippen molar-refractivity contribution in [1.82, 2.24) is 10.5 Å². The molecule has 2 aromatic rings. The van der Waals surface area contributed by atoms with E-state index in [1.807, 2.05) is 37.3 Å². The highest BCUT2D eigenvalue weighted by Crippen LogP contribution is 2.13. The molecule has 0 aliphatic heterocycles. The summed E-state index contributed by atoms with van der Waals surface area (Å²) in [5.74, 6) is -0.215. The molecule has 0 aliphatic rings. The largest absolute Gasteiger partial charge is 0.364 e. The van der Waals surface area contributed by atoms with Crippen molar-refractivity contribution in [1.29, 1.82) is 0 Å². The van der Waals surface area contributed by atoms with Gasteiger partial charge in [0.2, 0.25) is 0 Å². The number of carbonyl (C=O) groups excluding carboxylic acids is 1. The number of nitrogens with one attached hydrogen (secondary N) is 1. The van der Waals surface area contributed by atoms with Gasteiger partial charge in [0.25, 0.3) is 5.91 Å². The lowest BCUT2D eigenvalue weighted by Gasteiger charge is -2.13. The predicted molar refractivity (Wildman–Crippen MR) is 63.6 cm³/mol. The first-order chi connectivity index (χ1) is 8.18. The first-order valence-electron chi connectivity index (χ1n) is 5.45. The van der Waals surface area contributed by atoms with Gasteiger partial charge < -0.3 is 9.84 Å². The van der Waals surface area contributed by atoms with E-state index in [2.05, 4.69) is 10.5 Å². The average Bonchev–Trinajstić information content (AvgIpc) is 2.76. The van der Waals surface area contributed by atoms with Crippen molar-refractivity contribution in [3.8, 4) is 0 Å². The van der Waals surface area contributed by atoms with Crippen LogP contribution in [0.15, 0.2) is 41.1 Å². The number of rotatable bonds is 3. The van der Waals surface area contributed by atoms with Crippen LogP contribution in [-0.2, 0) is 0 Å². The van der Waals surface area contributed by atoms with Crippen LogP contribution in [0.4, 0.5) is 0 Å². The molecule has 2 rings (SSSR count). The number of hydrogen-bond donors (Lipinski definition) is 1. The van der Waals surface area contributed by atoms with E-state index in [9.17, 15) is 4.79 Å². The minimum Gasteiger partial charge on any atom is -0.364 e. The monoisotopic (exact) mass is 230 g/mol. The molecule has 1 N–H and O–H groups in total. The molecule has 1 atom stereocenters. The smallest absolute Gasteiger partial charge is 0.274 e. The Hall–Kier alpha value is -2.10. The van der Waals surface area contributed by atoms with Gasteiger partial charge in [-0.25, -0.2) is 0 Å². The molecule has 0 radical (unpaired) electrons. The van der Waals surface area contributed by atoms with Crippen molar-refractivity contribution in [3.05, 3.63) is 53.4 Å². The van der Waals surface area contributed by atoms with Gasteiger partial charge in [-0.15, -0.1) is 0 Å². The third kappa shape index (κ3) is 2.53. The second-order valence-electron chi connectivity index (χ2n) is 3.95. The van der Waals surface area contributed by atoms with E-state index >= 15 is 0 Å². The fourth-order valence-electron chi connectivity index (χ4n) is 1.60. The van der Waals surface area contributed by atoms with Crippen LogP contribution >= 0.6 is 0 Å². The van der Waals surface area contributed by atoms with Gasteiger partial charge >= 0.3 is 0 Å². The van der Waals surface area contributed by atoms with Gasteiger partial charge in [-0.05, 0) is 19.4 Å². The Morgan fingerprint density at radius 3 is 2.65 bits per heavy atom. The molecule has 1 unspecified atom stereocenters. The molecule has 1 aromatic heterocycles. The van der Waals surface area contributed by atoms with E-state index in [4.69, 9.17) is 4.52 Å². The van der Waals surface area contributed by atoms with Gasteiger partial charge in [-0.2, -0.15) is 0 Å². The van der Waals surface area contributed by atoms with Gasteiger partial charge in [0.15, 0.2) is 5.69 Å². The summed E-state index contributed by atoms with van der Waals surface area (Å²) in [5, 5.41) is 6.55. The van der Waals surface area contributed by atoms with Crippen LogP contribution in [-0.4, -0.2) is 11.1 Å². The summed E-state index contributed by atoms with van der Waals surface area (Å²) in [6.07, 6.45) is 1.46. The van der Waals surface area contributed by atoms with Crippen LogP contribution in [0.2, 0.25) is 0 Å². The zero-order valence-electron chi connectivity index (χ0n) is 9.81. The van der Waals surface area contributed by atoms with Crippen LogP contribution in [0, 0.1) is 6.92 Å². The first kappa shape index (κ1) is 11.4. The Kier molecular flexibility index (Phi) is 3.23. The Labute approximate surface area is 99.6 Å². The SMILES string of the molecule is Cc1conc1C(=O)NC(C)c1ccccc1. The summed E-state index contributed by atoms with van der Waals surface area (Å²) in [6.45, 7) is 3.72. The molecule has 0 spiro atoms. The minimum atomic E-state index is -0.215. The van der Waals surface area contributed by atoms with Crippen LogP contribution in [0.1, 0.15) is 34.6 Å². The maximum absolute atomic E-state index is 11.9. The van der Waals surface area contributed by atoms with Crippen molar-refractivity contribution in [2.45, 2.75) is 19.9 Å². The topological polar surface area (TPSA) is 55.1 Å². The maximum Gasteiger partial charge on any atom is 0.274 e. The van der Waals surface area contributed by atoms with Crippen LogP contribution in [0.3, 0.4) is 0 Å². The number of aromatic nitrogens is 1. The summed E-state index contributed by atoms with van der Waals surface area (Å²) >= 11 is 0. The highest BCUT2D eigenvalue weighted by Gasteiger charge is 2.16. The van der Waals surface area contributed by atoms with E-state index in [1.54, 1.807) is 6.92 Å². The Bertz CT molecular complexity index is 505. The number of aryl methyl sites for hydroxylation is 1. The third-order valence-corrected chi connectivity index (χ3v) is 2.61. The van der Waals surface area contributed by atoms with Gasteiger partial charge in [-0.3, -0.25) is 4.79 Å². The van der Waals surface area contributed by atoms with E-state index in [0.29, 0.717) is 5.69 Å². The molecule has 4 nitrogen and oxygen atoms in total. The molecule has 0 bridgehead atoms. The van der Waals surface area contributed by atoms with Crippen molar-refractivity contribution in [2.24, 2.45) is 0 Å². The number of amides is 1. The fraction of sp³-hybridized carbons (Fsp3) is 0.231. The predicted octanol–water partition coefficient (Wildman–Crippen LogP) is 2.47. The van der Waals surface area contributed by atoms with E-state index in [1.165, 1.54) is 6.26 Å². The Morgan fingerprint density at radius 1 is 1.35 bits per heavy atom. The highest BCUT2D eigenvalue weighted by atomic mass is 16.5. The summed E-state index contributed by atoms with van der Waals surface area (Å²) in [7, 11) is 0. The van der Waals surface area contributed by atoms with Crippen molar-refractivity contribution < 1.29 is 9.32 Å². The highest BCUT2D eigenvalue weighted by molar-refractivity contribution is 5.93. The molecule has 0 saturated heterocycles. The minimum absolute atomic E-state index is 0.0557. The van der Waals surface area contributed by atoms with Gasteiger partial charge in [0.05, 0.1) is 6.04 Å². The van der Waals surface area contributed by atoms with Crippen LogP contribution in [0.5, 0.6) is 0 Å². The third-order valence-electron chi connectivity index (χ3n) is 2.61. The molecule has 88 valence electrons. The summed E-state index contributed by atoms with van der Waals surface area (Å²) < 4.78 is 4.74. The fourth-order valence-corrected chi connectivity index (χ4v) is 1.60. The molecular formula is C13H14N2O2. The van der Waals surface area contributed by atoms with Gasteiger partial charge in [-0.1, -0.05) is 35.5 Å². The number of nitrogens with zero attached hydrogens (tertiary/aromatic N) is 1. The number of hydrogen-bond acceptors (Lipinski definition) is 3. The second-order valence-corrected chi connectivity index (χ2v) is 3.95. The van der Waals surface area contributed by atoms with Gasteiger partial charge in [0.1, 0.15) is 6.26 Å². The Morgan fingerprint density at radius 2 is 2.06 bits per heavy atom. The van der Waals surface area contributed by atoms with E-state index in [-0.39, 0.29) is 11.9 Å². The standard InChI is InChI=1S/C13H14N2O2/c1-9-8-17-15-12(9)13(16)14-10(2)11-6-4-3-5-7-11/h3-8,10H,1-2H3,(H,14,16). The van der Waals surface area contributed by atoms with Crippen molar-refractivity contribution >= 4 is 5.91 Å². The molecule has 4 heteroatoms. The normalized spacial score (nSPS) is 12.1. The summed E-state index contributed by atoms with van der Waals surface area (Å²) in [5.41, 5.74) is 2.14. The Balaban J connectivity index is 2.08. The second kappa shape index (κ2) is 4.82. The maximum atomic E-state index is 11.9. The van der Waals surface area contributed by atoms with Gasteiger partial charge in [0, 0.05) is 5.56 Å². The molecule has 1 amide bonds. The molecule has 0 aliphatic carbocycles. The molecule has 0 fully saturated rings.